The van der Waals surface area contributed by atoms with Crippen LogP contribution in [0.4, 0.5) is 5.69 Å². The average molecular weight is 214 g/mol. The van der Waals surface area contributed by atoms with Crippen LogP contribution in [-0.4, -0.2) is 11.1 Å². The zero-order chi connectivity index (χ0) is 10.7. The number of benzene rings is 1. The number of halogens is 1. The minimum Gasteiger partial charge on any atom is -0.481 e. The Hall–Kier alpha value is -1.22. The predicted octanol–water partition coefficient (Wildman–Crippen LogP) is 2.19. The lowest BCUT2D eigenvalue weighted by Gasteiger charge is -2.08. The van der Waals surface area contributed by atoms with E-state index in [0.29, 0.717) is 17.1 Å². The molecule has 76 valence electrons. The molecule has 0 aliphatic carbocycles. The van der Waals surface area contributed by atoms with Crippen LogP contribution in [0.1, 0.15) is 12.5 Å². The standard InChI is InChI=1S/C10H12ClNO2/c1-6(10(13)14)4-7-5-8(12)2-3-9(7)11/h2-3,5-6H,4,12H2,1H3,(H,13,14). The lowest BCUT2D eigenvalue weighted by Crippen LogP contribution is -2.12. The third-order valence-corrected chi connectivity index (χ3v) is 2.39. The van der Waals surface area contributed by atoms with Crippen LogP contribution in [0.25, 0.3) is 0 Å². The summed E-state index contributed by atoms with van der Waals surface area (Å²) in [7, 11) is 0. The van der Waals surface area contributed by atoms with E-state index in [0.717, 1.165) is 5.56 Å². The molecule has 0 saturated heterocycles. The quantitative estimate of drug-likeness (QED) is 0.757. The summed E-state index contributed by atoms with van der Waals surface area (Å²) in [6.45, 7) is 1.64. The van der Waals surface area contributed by atoms with Gasteiger partial charge in [-0.25, -0.2) is 0 Å². The smallest absolute Gasteiger partial charge is 0.306 e. The van der Waals surface area contributed by atoms with Gasteiger partial charge in [0.25, 0.3) is 0 Å². The third-order valence-electron chi connectivity index (χ3n) is 2.02. The van der Waals surface area contributed by atoms with Gasteiger partial charge >= 0.3 is 5.97 Å². The molecule has 0 fully saturated rings. The van der Waals surface area contributed by atoms with Gasteiger partial charge in [0.15, 0.2) is 0 Å². The fourth-order valence-corrected chi connectivity index (χ4v) is 1.36. The first-order chi connectivity index (χ1) is 6.50. The maximum absolute atomic E-state index is 10.6. The van der Waals surface area contributed by atoms with E-state index in [-0.39, 0.29) is 0 Å². The van der Waals surface area contributed by atoms with Gasteiger partial charge in [0.2, 0.25) is 0 Å². The molecule has 1 aromatic carbocycles. The van der Waals surface area contributed by atoms with Gasteiger partial charge in [0.05, 0.1) is 5.92 Å². The topological polar surface area (TPSA) is 63.3 Å². The molecule has 0 saturated carbocycles. The third kappa shape index (κ3) is 2.64. The first kappa shape index (κ1) is 10.9. The summed E-state index contributed by atoms with van der Waals surface area (Å²) in [5.41, 5.74) is 6.95. The van der Waals surface area contributed by atoms with E-state index < -0.39 is 11.9 Å². The summed E-state index contributed by atoms with van der Waals surface area (Å²) < 4.78 is 0. The monoisotopic (exact) mass is 213 g/mol. The average Bonchev–Trinajstić information content (AvgIpc) is 2.11. The van der Waals surface area contributed by atoms with Crippen LogP contribution in [0, 0.1) is 5.92 Å². The second-order valence-electron chi connectivity index (χ2n) is 3.29. The van der Waals surface area contributed by atoms with E-state index in [1.165, 1.54) is 0 Å². The summed E-state index contributed by atoms with van der Waals surface area (Å²) in [6, 6.07) is 5.08. The Morgan fingerprint density at radius 3 is 2.86 bits per heavy atom. The Labute approximate surface area is 87.5 Å². The highest BCUT2D eigenvalue weighted by Crippen LogP contribution is 2.21. The highest BCUT2D eigenvalue weighted by Gasteiger charge is 2.13. The number of anilines is 1. The lowest BCUT2D eigenvalue weighted by molar-refractivity contribution is -0.141. The number of nitrogen functional groups attached to an aromatic ring is 1. The molecule has 0 spiro atoms. The molecule has 0 aromatic heterocycles. The zero-order valence-corrected chi connectivity index (χ0v) is 8.58. The van der Waals surface area contributed by atoms with Crippen molar-refractivity contribution in [3.63, 3.8) is 0 Å². The molecule has 3 nitrogen and oxygen atoms in total. The maximum atomic E-state index is 10.6. The van der Waals surface area contributed by atoms with Crippen molar-refractivity contribution in [1.82, 2.24) is 0 Å². The number of hydrogen-bond acceptors (Lipinski definition) is 2. The van der Waals surface area contributed by atoms with Crippen LogP contribution >= 0.6 is 11.6 Å². The molecule has 0 bridgehead atoms. The summed E-state index contributed by atoms with van der Waals surface area (Å²) in [4.78, 5) is 10.6. The highest BCUT2D eigenvalue weighted by molar-refractivity contribution is 6.31. The molecule has 0 aliphatic heterocycles. The van der Waals surface area contributed by atoms with Crippen molar-refractivity contribution < 1.29 is 9.90 Å². The Kier molecular flexibility index (Phi) is 3.36. The lowest BCUT2D eigenvalue weighted by atomic mass is 10.0. The van der Waals surface area contributed by atoms with Crippen molar-refractivity contribution in [3.05, 3.63) is 28.8 Å². The van der Waals surface area contributed by atoms with Crippen LogP contribution in [-0.2, 0) is 11.2 Å². The molecule has 0 heterocycles. The first-order valence-electron chi connectivity index (χ1n) is 4.27. The number of nitrogens with two attached hydrogens (primary N) is 1. The molecular formula is C10H12ClNO2. The van der Waals surface area contributed by atoms with Crippen LogP contribution in [0.3, 0.4) is 0 Å². The van der Waals surface area contributed by atoms with E-state index in [1.54, 1.807) is 25.1 Å². The predicted molar refractivity (Wildman–Crippen MR) is 56.4 cm³/mol. The second kappa shape index (κ2) is 4.33. The van der Waals surface area contributed by atoms with Gasteiger partial charge in [-0.3, -0.25) is 4.79 Å². The van der Waals surface area contributed by atoms with Gasteiger partial charge in [-0.1, -0.05) is 18.5 Å². The molecule has 1 aromatic rings. The fourth-order valence-electron chi connectivity index (χ4n) is 1.17. The zero-order valence-electron chi connectivity index (χ0n) is 7.83. The van der Waals surface area contributed by atoms with E-state index >= 15 is 0 Å². The minimum absolute atomic E-state index is 0.402. The number of carbonyl (C=O) groups is 1. The van der Waals surface area contributed by atoms with Crippen molar-refractivity contribution >= 4 is 23.3 Å². The number of aliphatic carboxylic acids is 1. The van der Waals surface area contributed by atoms with Gasteiger partial charge in [-0.05, 0) is 30.2 Å². The fraction of sp³-hybridized carbons (Fsp3) is 0.300. The first-order valence-corrected chi connectivity index (χ1v) is 4.65. The summed E-state index contributed by atoms with van der Waals surface area (Å²) >= 11 is 5.90. The summed E-state index contributed by atoms with van der Waals surface area (Å²) in [6.07, 6.45) is 0.402. The van der Waals surface area contributed by atoms with Crippen LogP contribution in [0.15, 0.2) is 18.2 Å². The Bertz CT molecular complexity index is 352. The molecule has 4 heteroatoms. The number of rotatable bonds is 3. The van der Waals surface area contributed by atoms with E-state index in [9.17, 15) is 4.79 Å². The van der Waals surface area contributed by atoms with Crippen molar-refractivity contribution in [2.24, 2.45) is 5.92 Å². The van der Waals surface area contributed by atoms with Crippen LogP contribution in [0.2, 0.25) is 5.02 Å². The molecule has 1 rings (SSSR count). The van der Waals surface area contributed by atoms with Gasteiger partial charge in [-0.15, -0.1) is 0 Å². The molecule has 14 heavy (non-hydrogen) atoms. The Morgan fingerprint density at radius 1 is 1.64 bits per heavy atom. The number of carboxylic acids is 1. The van der Waals surface area contributed by atoms with E-state index in [4.69, 9.17) is 22.4 Å². The molecule has 3 N–H and O–H groups in total. The van der Waals surface area contributed by atoms with Crippen molar-refractivity contribution in [2.45, 2.75) is 13.3 Å². The van der Waals surface area contributed by atoms with Gasteiger partial charge in [0.1, 0.15) is 0 Å². The van der Waals surface area contributed by atoms with Gasteiger partial charge < -0.3 is 10.8 Å². The van der Waals surface area contributed by atoms with Crippen molar-refractivity contribution in [3.8, 4) is 0 Å². The second-order valence-corrected chi connectivity index (χ2v) is 3.70. The van der Waals surface area contributed by atoms with Crippen LogP contribution < -0.4 is 5.73 Å². The minimum atomic E-state index is -0.830. The van der Waals surface area contributed by atoms with Crippen LogP contribution in [0.5, 0.6) is 0 Å². The van der Waals surface area contributed by atoms with Gasteiger partial charge in [-0.2, -0.15) is 0 Å². The van der Waals surface area contributed by atoms with Crippen molar-refractivity contribution in [1.29, 1.82) is 0 Å². The molecular weight excluding hydrogens is 202 g/mol. The number of hydrogen-bond donors (Lipinski definition) is 2. The summed E-state index contributed by atoms with van der Waals surface area (Å²) in [5.74, 6) is -1.28. The summed E-state index contributed by atoms with van der Waals surface area (Å²) in [5, 5.41) is 9.29. The number of carboxylic acid groups (broad SMARTS) is 1. The van der Waals surface area contributed by atoms with Gasteiger partial charge in [0, 0.05) is 10.7 Å². The Morgan fingerprint density at radius 2 is 2.29 bits per heavy atom. The molecule has 0 aliphatic rings. The van der Waals surface area contributed by atoms with Crippen molar-refractivity contribution in [2.75, 3.05) is 5.73 Å². The molecule has 1 unspecified atom stereocenters. The normalized spacial score (nSPS) is 12.4. The molecule has 0 amide bonds. The van der Waals surface area contributed by atoms with E-state index in [1.807, 2.05) is 0 Å². The SMILES string of the molecule is CC(Cc1cc(N)ccc1Cl)C(=O)O. The Balaban J connectivity index is 2.85. The van der Waals surface area contributed by atoms with E-state index in [2.05, 4.69) is 0 Å². The highest BCUT2D eigenvalue weighted by atomic mass is 35.5. The molecule has 0 radical (unpaired) electrons. The largest absolute Gasteiger partial charge is 0.481 e. The maximum Gasteiger partial charge on any atom is 0.306 e. The molecule has 1 atom stereocenters.